The molecule has 0 bridgehead atoms. The Hall–Kier alpha value is -2.20. The highest BCUT2D eigenvalue weighted by Crippen LogP contribution is 2.27. The van der Waals surface area contributed by atoms with Crippen molar-refractivity contribution in [1.82, 2.24) is 0 Å². The van der Waals surface area contributed by atoms with Gasteiger partial charge in [0.1, 0.15) is 18.9 Å². The van der Waals surface area contributed by atoms with Crippen molar-refractivity contribution in [2.45, 2.75) is 58.3 Å². The van der Waals surface area contributed by atoms with E-state index in [9.17, 15) is 19.2 Å². The minimum absolute atomic E-state index is 0.286. The lowest BCUT2D eigenvalue weighted by Gasteiger charge is -2.43. The lowest BCUT2D eigenvalue weighted by atomic mass is 9.97. The van der Waals surface area contributed by atoms with Crippen molar-refractivity contribution in [2.24, 2.45) is 5.73 Å². The molecule has 1 heterocycles. The van der Waals surface area contributed by atoms with Gasteiger partial charge in [0.25, 0.3) is 0 Å². The Morgan fingerprint density at radius 1 is 0.792 bits per heavy atom. The molecule has 136 valence electrons. The first-order valence-corrected chi connectivity index (χ1v) is 7.18. The van der Waals surface area contributed by atoms with E-state index in [2.05, 4.69) is 0 Å². The van der Waals surface area contributed by atoms with Gasteiger partial charge in [0, 0.05) is 27.7 Å². The number of carbonyl (C=O) groups excluding carboxylic acids is 4. The molecule has 1 fully saturated rings. The molecule has 0 aromatic carbocycles. The number of hydrogen-bond donors (Lipinski definition) is 1. The van der Waals surface area contributed by atoms with Crippen molar-refractivity contribution in [2.75, 3.05) is 6.61 Å². The molecule has 0 aliphatic carbocycles. The summed E-state index contributed by atoms with van der Waals surface area (Å²) in [4.78, 5) is 45.0. The first kappa shape index (κ1) is 19.8. The van der Waals surface area contributed by atoms with Gasteiger partial charge in [-0.25, -0.2) is 0 Å². The summed E-state index contributed by atoms with van der Waals surface area (Å²) in [5.74, 6) is -2.66. The first-order valence-electron chi connectivity index (χ1n) is 7.18. The average Bonchev–Trinajstić information content (AvgIpc) is 2.42. The fourth-order valence-electron chi connectivity index (χ4n) is 2.26. The van der Waals surface area contributed by atoms with E-state index in [0.29, 0.717) is 0 Å². The quantitative estimate of drug-likeness (QED) is 0.487. The fourth-order valence-corrected chi connectivity index (χ4v) is 2.26. The van der Waals surface area contributed by atoms with Crippen LogP contribution in [0.4, 0.5) is 0 Å². The standard InChI is InChI=1S/C14H21NO9/c1-6(16)20-5-10-11(21-7(2)17)12(22-8(3)18)13(14(15)24-10)23-9(4)19/h10-14H,5,15H2,1-4H3/t10?,11-,12-,13?,14+/m1/s1. The van der Waals surface area contributed by atoms with E-state index in [4.69, 9.17) is 29.4 Å². The van der Waals surface area contributed by atoms with Crippen molar-refractivity contribution >= 4 is 23.9 Å². The monoisotopic (exact) mass is 347 g/mol. The third kappa shape index (κ3) is 5.78. The molecular weight excluding hydrogens is 326 g/mol. The molecule has 0 spiro atoms. The van der Waals surface area contributed by atoms with Crippen LogP contribution in [0.3, 0.4) is 0 Å². The van der Waals surface area contributed by atoms with Crippen LogP contribution >= 0.6 is 0 Å². The summed E-state index contributed by atoms with van der Waals surface area (Å²) < 4.78 is 25.6. The summed E-state index contributed by atoms with van der Waals surface area (Å²) >= 11 is 0. The topological polar surface area (TPSA) is 140 Å². The second kappa shape index (κ2) is 8.60. The molecule has 0 aromatic rings. The number of hydrogen-bond acceptors (Lipinski definition) is 10. The zero-order valence-corrected chi connectivity index (χ0v) is 13.8. The Labute approximate surface area is 138 Å². The van der Waals surface area contributed by atoms with Crippen LogP contribution in [0.2, 0.25) is 0 Å². The van der Waals surface area contributed by atoms with Gasteiger partial charge in [0.15, 0.2) is 18.3 Å². The number of ether oxygens (including phenoxy) is 5. The Balaban J connectivity index is 3.11. The molecule has 1 saturated heterocycles. The molecule has 2 unspecified atom stereocenters. The molecule has 10 heteroatoms. The maximum absolute atomic E-state index is 11.4. The molecule has 0 radical (unpaired) electrons. The number of esters is 4. The molecule has 0 amide bonds. The Bertz CT molecular complexity index is 506. The van der Waals surface area contributed by atoms with Crippen LogP contribution in [0, 0.1) is 0 Å². The third-order valence-electron chi connectivity index (χ3n) is 3.03. The highest BCUT2D eigenvalue weighted by Gasteiger charge is 2.51. The summed E-state index contributed by atoms with van der Waals surface area (Å²) in [5.41, 5.74) is 5.81. The fraction of sp³-hybridized carbons (Fsp3) is 0.714. The molecule has 0 saturated carbocycles. The van der Waals surface area contributed by atoms with E-state index in [1.807, 2.05) is 0 Å². The highest BCUT2D eigenvalue weighted by atomic mass is 16.7. The first-order chi connectivity index (χ1) is 11.1. The van der Waals surface area contributed by atoms with Crippen molar-refractivity contribution in [1.29, 1.82) is 0 Å². The van der Waals surface area contributed by atoms with Gasteiger partial charge >= 0.3 is 23.9 Å². The van der Waals surface area contributed by atoms with Crippen LogP contribution in [0.5, 0.6) is 0 Å². The molecule has 5 atom stereocenters. The van der Waals surface area contributed by atoms with Gasteiger partial charge in [0.2, 0.25) is 0 Å². The minimum atomic E-state index is -1.21. The summed E-state index contributed by atoms with van der Waals surface area (Å²) in [5, 5.41) is 0. The van der Waals surface area contributed by atoms with E-state index in [1.54, 1.807) is 0 Å². The smallest absolute Gasteiger partial charge is 0.303 e. The lowest BCUT2D eigenvalue weighted by Crippen LogP contribution is -2.64. The maximum Gasteiger partial charge on any atom is 0.303 e. The zero-order valence-electron chi connectivity index (χ0n) is 13.8. The summed E-state index contributed by atoms with van der Waals surface area (Å²) in [6.45, 7) is 4.32. The van der Waals surface area contributed by atoms with Crippen molar-refractivity contribution in [3.05, 3.63) is 0 Å². The van der Waals surface area contributed by atoms with Crippen LogP contribution in [0.1, 0.15) is 27.7 Å². The number of nitrogens with two attached hydrogens (primary N) is 1. The van der Waals surface area contributed by atoms with E-state index >= 15 is 0 Å². The van der Waals surface area contributed by atoms with Crippen LogP contribution in [0.15, 0.2) is 0 Å². The SMILES string of the molecule is CC(=O)OCC1O[C@H](N)C(OC(C)=O)[C@H](OC(C)=O)[C@@H]1OC(C)=O. The van der Waals surface area contributed by atoms with Crippen LogP contribution in [-0.4, -0.2) is 61.1 Å². The maximum atomic E-state index is 11.4. The molecule has 1 rings (SSSR count). The van der Waals surface area contributed by atoms with Crippen molar-refractivity contribution in [3.8, 4) is 0 Å². The van der Waals surface area contributed by atoms with Gasteiger partial charge in [-0.15, -0.1) is 0 Å². The van der Waals surface area contributed by atoms with Gasteiger partial charge in [-0.2, -0.15) is 0 Å². The second-order valence-corrected chi connectivity index (χ2v) is 5.16. The predicted octanol–water partition coefficient (Wildman–Crippen LogP) is -0.972. The normalized spacial score (nSPS) is 29.3. The van der Waals surface area contributed by atoms with Gasteiger partial charge in [-0.3, -0.25) is 19.2 Å². The average molecular weight is 347 g/mol. The molecule has 1 aliphatic rings. The van der Waals surface area contributed by atoms with E-state index < -0.39 is 54.5 Å². The largest absolute Gasteiger partial charge is 0.463 e. The summed E-state index contributed by atoms with van der Waals surface area (Å²) in [6, 6.07) is 0. The predicted molar refractivity (Wildman–Crippen MR) is 76.1 cm³/mol. The van der Waals surface area contributed by atoms with Crippen molar-refractivity contribution < 1.29 is 42.9 Å². The molecule has 1 aliphatic heterocycles. The van der Waals surface area contributed by atoms with E-state index in [-0.39, 0.29) is 6.61 Å². The number of carbonyl (C=O) groups is 4. The molecule has 10 nitrogen and oxygen atoms in total. The molecule has 0 aromatic heterocycles. The molecule has 2 N–H and O–H groups in total. The van der Waals surface area contributed by atoms with Crippen molar-refractivity contribution in [3.63, 3.8) is 0 Å². The second-order valence-electron chi connectivity index (χ2n) is 5.16. The van der Waals surface area contributed by atoms with Gasteiger partial charge in [-0.05, 0) is 0 Å². The highest BCUT2D eigenvalue weighted by molar-refractivity contribution is 5.68. The van der Waals surface area contributed by atoms with E-state index in [1.165, 1.54) is 6.92 Å². The molecular formula is C14H21NO9. The van der Waals surface area contributed by atoms with Gasteiger partial charge in [-0.1, -0.05) is 0 Å². The van der Waals surface area contributed by atoms with Crippen LogP contribution < -0.4 is 5.73 Å². The summed E-state index contributed by atoms with van der Waals surface area (Å²) in [6.07, 6.45) is -5.74. The van der Waals surface area contributed by atoms with Gasteiger partial charge in [0.05, 0.1) is 0 Å². The Morgan fingerprint density at radius 2 is 1.25 bits per heavy atom. The van der Waals surface area contributed by atoms with E-state index in [0.717, 1.165) is 20.8 Å². The molecule has 24 heavy (non-hydrogen) atoms. The summed E-state index contributed by atoms with van der Waals surface area (Å²) in [7, 11) is 0. The lowest BCUT2D eigenvalue weighted by molar-refractivity contribution is -0.251. The van der Waals surface area contributed by atoms with Crippen LogP contribution in [-0.2, 0) is 42.9 Å². The Morgan fingerprint density at radius 3 is 1.71 bits per heavy atom. The third-order valence-corrected chi connectivity index (χ3v) is 3.03. The van der Waals surface area contributed by atoms with Crippen LogP contribution in [0.25, 0.3) is 0 Å². The minimum Gasteiger partial charge on any atom is -0.463 e. The zero-order chi connectivity index (χ0) is 18.4. The van der Waals surface area contributed by atoms with Gasteiger partial charge < -0.3 is 29.4 Å². The number of rotatable bonds is 5. The Kier molecular flexibility index (Phi) is 7.11.